The molecule has 0 fully saturated rings. The van der Waals surface area contributed by atoms with E-state index in [2.05, 4.69) is 33.8 Å². The van der Waals surface area contributed by atoms with Gasteiger partial charge in [-0.1, -0.05) is 41.8 Å². The zero-order valence-electron chi connectivity index (χ0n) is 14.3. The number of hydrogen-bond donors (Lipinski definition) is 1. The minimum atomic E-state index is -0.401. The summed E-state index contributed by atoms with van der Waals surface area (Å²) in [5.74, 6) is 2.18. The number of nitrogens with one attached hydrogen (secondary N) is 1. The molecule has 2 aromatic carbocycles. The summed E-state index contributed by atoms with van der Waals surface area (Å²) in [6.45, 7) is 2.65. The normalized spacial score (nSPS) is 10.5. The summed E-state index contributed by atoms with van der Waals surface area (Å²) in [4.78, 5) is 25.4. The Morgan fingerprint density at radius 2 is 1.96 bits per heavy atom. The third-order valence-corrected chi connectivity index (χ3v) is 5.00. The van der Waals surface area contributed by atoms with Crippen LogP contribution in [0.4, 0.5) is 0 Å². The number of terminal acetylenes is 1. The van der Waals surface area contributed by atoms with Crippen LogP contribution >= 0.6 is 22.6 Å². The highest BCUT2D eigenvalue weighted by Gasteiger charge is 2.16. The molecule has 5 heteroatoms. The summed E-state index contributed by atoms with van der Waals surface area (Å²) in [5, 5.41) is 3.31. The Hall–Kier alpha value is -2.59. The number of para-hydroxylation sites is 1. The molecule has 0 aliphatic heterocycles. The molecule has 26 heavy (non-hydrogen) atoms. The first-order valence-electron chi connectivity index (χ1n) is 8.10. The van der Waals surface area contributed by atoms with Crippen LogP contribution in [0.25, 0.3) is 10.9 Å². The van der Waals surface area contributed by atoms with Crippen LogP contribution in [0, 0.1) is 22.8 Å². The fraction of sp³-hybridized carbons (Fsp3) is 0.143. The highest BCUT2D eigenvalue weighted by atomic mass is 127. The topological polar surface area (TPSA) is 51.1 Å². The lowest BCUT2D eigenvalue weighted by Crippen LogP contribution is -2.29. The molecule has 130 valence electrons. The molecule has 1 heterocycles. The Balaban J connectivity index is 1.97. The molecule has 1 amide bonds. The van der Waals surface area contributed by atoms with Crippen LogP contribution in [-0.2, 0) is 13.1 Å². The van der Waals surface area contributed by atoms with Crippen molar-refractivity contribution in [3.8, 4) is 12.3 Å². The molecule has 0 bridgehead atoms. The van der Waals surface area contributed by atoms with Gasteiger partial charge < -0.3 is 9.88 Å². The van der Waals surface area contributed by atoms with Crippen molar-refractivity contribution in [2.75, 3.05) is 0 Å². The molecular weight excluding hydrogens is 439 g/mol. The summed E-state index contributed by atoms with van der Waals surface area (Å²) in [7, 11) is 0. The summed E-state index contributed by atoms with van der Waals surface area (Å²) in [5.41, 5.74) is 2.70. The van der Waals surface area contributed by atoms with Crippen LogP contribution < -0.4 is 10.7 Å². The monoisotopic (exact) mass is 456 g/mol. The highest BCUT2D eigenvalue weighted by Crippen LogP contribution is 2.19. The maximum absolute atomic E-state index is 12.8. The average Bonchev–Trinajstić information content (AvgIpc) is 2.63. The lowest BCUT2D eigenvalue weighted by molar-refractivity contribution is 0.0949. The number of halogens is 1. The van der Waals surface area contributed by atoms with Crippen molar-refractivity contribution >= 4 is 39.4 Å². The van der Waals surface area contributed by atoms with Gasteiger partial charge in [-0.2, -0.15) is 0 Å². The number of amides is 1. The van der Waals surface area contributed by atoms with Gasteiger partial charge in [0.15, 0.2) is 0 Å². The zero-order valence-corrected chi connectivity index (χ0v) is 16.4. The number of carbonyl (C=O) groups excluding carboxylic acids is 1. The number of benzene rings is 2. The van der Waals surface area contributed by atoms with Crippen molar-refractivity contribution in [2.45, 2.75) is 20.0 Å². The van der Waals surface area contributed by atoms with E-state index in [0.717, 1.165) is 20.2 Å². The van der Waals surface area contributed by atoms with Crippen LogP contribution in [0.5, 0.6) is 0 Å². The van der Waals surface area contributed by atoms with E-state index in [1.807, 2.05) is 37.3 Å². The lowest BCUT2D eigenvalue weighted by atomic mass is 10.1. The smallest absolute Gasteiger partial charge is 0.257 e. The molecule has 0 unspecified atom stereocenters. The minimum Gasteiger partial charge on any atom is -0.348 e. The largest absolute Gasteiger partial charge is 0.348 e. The van der Waals surface area contributed by atoms with E-state index >= 15 is 0 Å². The Morgan fingerprint density at radius 3 is 2.65 bits per heavy atom. The number of aryl methyl sites for hydroxylation is 1. The molecule has 0 spiro atoms. The van der Waals surface area contributed by atoms with Crippen molar-refractivity contribution in [3.63, 3.8) is 0 Å². The fourth-order valence-corrected chi connectivity index (χ4v) is 3.59. The first-order chi connectivity index (χ1) is 12.5. The van der Waals surface area contributed by atoms with E-state index in [1.165, 1.54) is 0 Å². The van der Waals surface area contributed by atoms with Gasteiger partial charge in [-0.3, -0.25) is 9.59 Å². The Labute approximate surface area is 165 Å². The maximum atomic E-state index is 12.8. The van der Waals surface area contributed by atoms with E-state index in [4.69, 9.17) is 6.42 Å². The van der Waals surface area contributed by atoms with Crippen LogP contribution in [0.15, 0.2) is 53.5 Å². The van der Waals surface area contributed by atoms with Crippen molar-refractivity contribution < 1.29 is 4.79 Å². The average molecular weight is 456 g/mol. The molecule has 1 N–H and O–H groups in total. The fourth-order valence-electron chi connectivity index (χ4n) is 2.78. The predicted octanol–water partition coefficient (Wildman–Crippen LogP) is 3.48. The van der Waals surface area contributed by atoms with E-state index in [-0.39, 0.29) is 17.5 Å². The second kappa shape index (κ2) is 7.75. The Morgan fingerprint density at radius 1 is 1.23 bits per heavy atom. The number of pyridine rings is 1. The zero-order chi connectivity index (χ0) is 18.7. The highest BCUT2D eigenvalue weighted by molar-refractivity contribution is 14.1. The number of hydrogen-bond acceptors (Lipinski definition) is 2. The van der Waals surface area contributed by atoms with Gasteiger partial charge in [0.25, 0.3) is 5.91 Å². The van der Waals surface area contributed by atoms with E-state index in [0.29, 0.717) is 11.9 Å². The first-order valence-corrected chi connectivity index (χ1v) is 9.18. The van der Waals surface area contributed by atoms with Crippen LogP contribution in [0.2, 0.25) is 0 Å². The number of rotatable bonds is 4. The number of fused-ring (bicyclic) bond motifs is 1. The van der Waals surface area contributed by atoms with Crippen LogP contribution in [-0.4, -0.2) is 10.5 Å². The Bertz CT molecular complexity index is 1080. The third kappa shape index (κ3) is 3.65. The third-order valence-electron chi connectivity index (χ3n) is 4.13. The van der Waals surface area contributed by atoms with Gasteiger partial charge in [0, 0.05) is 21.7 Å². The molecule has 3 rings (SSSR count). The van der Waals surface area contributed by atoms with Crippen LogP contribution in [0.1, 0.15) is 21.5 Å². The van der Waals surface area contributed by atoms with Gasteiger partial charge in [-0.25, -0.2) is 0 Å². The number of carbonyl (C=O) groups is 1. The van der Waals surface area contributed by atoms with Gasteiger partial charge >= 0.3 is 0 Å². The van der Waals surface area contributed by atoms with Gasteiger partial charge in [0.1, 0.15) is 5.56 Å². The van der Waals surface area contributed by atoms with Gasteiger partial charge in [-0.05, 0) is 47.2 Å². The first kappa shape index (κ1) is 18.2. The van der Waals surface area contributed by atoms with Crippen LogP contribution in [0.3, 0.4) is 0 Å². The van der Waals surface area contributed by atoms with E-state index < -0.39 is 5.91 Å². The molecule has 0 aliphatic carbocycles. The lowest BCUT2D eigenvalue weighted by Gasteiger charge is -2.13. The second-order valence-electron chi connectivity index (χ2n) is 6.01. The Kier molecular flexibility index (Phi) is 5.43. The molecule has 0 atom stereocenters. The molecule has 3 aromatic rings. The van der Waals surface area contributed by atoms with Crippen molar-refractivity contribution in [2.24, 2.45) is 0 Å². The van der Waals surface area contributed by atoms with Gasteiger partial charge in [-0.15, -0.1) is 6.42 Å². The van der Waals surface area contributed by atoms with Crippen molar-refractivity contribution in [3.05, 3.63) is 79.1 Å². The summed E-state index contributed by atoms with van der Waals surface area (Å²) < 4.78 is 2.69. The van der Waals surface area contributed by atoms with Gasteiger partial charge in [0.2, 0.25) is 5.43 Å². The standard InChI is InChI=1S/C21H17IN2O2/c1-3-11-24-13-17(20(25)16-5-4-6-18(22)19(16)24)21(26)23-12-15-9-7-14(2)8-10-15/h1,4-10,13H,11-12H2,2H3,(H,23,26). The molecular formula is C21H17IN2O2. The molecule has 4 nitrogen and oxygen atoms in total. The summed E-state index contributed by atoms with van der Waals surface area (Å²) in [6.07, 6.45) is 7.01. The predicted molar refractivity (Wildman–Crippen MR) is 112 cm³/mol. The summed E-state index contributed by atoms with van der Waals surface area (Å²) in [6, 6.07) is 13.3. The molecule has 0 aliphatic rings. The number of aromatic nitrogens is 1. The van der Waals surface area contributed by atoms with E-state index in [9.17, 15) is 9.59 Å². The maximum Gasteiger partial charge on any atom is 0.257 e. The van der Waals surface area contributed by atoms with Crippen molar-refractivity contribution in [1.29, 1.82) is 0 Å². The molecule has 0 saturated heterocycles. The minimum absolute atomic E-state index is 0.0989. The molecule has 0 radical (unpaired) electrons. The number of nitrogens with zero attached hydrogens (tertiary/aromatic N) is 1. The quantitative estimate of drug-likeness (QED) is 0.483. The van der Waals surface area contributed by atoms with Crippen molar-refractivity contribution in [1.82, 2.24) is 9.88 Å². The van der Waals surface area contributed by atoms with E-state index in [1.54, 1.807) is 22.9 Å². The second-order valence-corrected chi connectivity index (χ2v) is 7.17. The van der Waals surface area contributed by atoms with Gasteiger partial charge in [0.05, 0.1) is 12.1 Å². The summed E-state index contributed by atoms with van der Waals surface area (Å²) >= 11 is 2.17. The SMILES string of the molecule is C#CCn1cc(C(=O)NCc2ccc(C)cc2)c(=O)c2cccc(I)c21. The molecule has 1 aromatic heterocycles. The molecule has 0 saturated carbocycles.